The quantitative estimate of drug-likeness (QED) is 0.898. The highest BCUT2D eigenvalue weighted by molar-refractivity contribution is 5.94. The predicted molar refractivity (Wildman–Crippen MR) is 94.6 cm³/mol. The molecule has 0 radical (unpaired) electrons. The van der Waals surface area contributed by atoms with Gasteiger partial charge in [0.15, 0.2) is 0 Å². The molecule has 0 aliphatic heterocycles. The lowest BCUT2D eigenvalue weighted by Gasteiger charge is -2.37. The van der Waals surface area contributed by atoms with Crippen LogP contribution in [0.5, 0.6) is 0 Å². The topological polar surface area (TPSA) is 81.2 Å². The summed E-state index contributed by atoms with van der Waals surface area (Å²) in [4.78, 5) is 17.1. The Labute approximate surface area is 142 Å². The van der Waals surface area contributed by atoms with Crippen LogP contribution in [0.15, 0.2) is 28.9 Å². The van der Waals surface area contributed by atoms with Gasteiger partial charge in [0.05, 0.1) is 11.6 Å². The number of carbonyl (C=O) groups is 1. The number of hydrogen-bond donors (Lipinski definition) is 2. The normalized spacial score (nSPS) is 23.9. The van der Waals surface area contributed by atoms with E-state index in [1.807, 2.05) is 39.0 Å². The number of carbonyl (C=O) groups excluding carboxylic acids is 1. The standard InChI is InChI=1S/C19H25N3O2/c1-12-7-8-14(10-15(12)18-21-13(2)11-24-18)22-17(23)16-6-4-5-9-19(16,3)20/h7-8,10-11,16H,4-6,9,20H2,1-3H3,(H,22,23). The molecule has 1 heterocycles. The molecule has 5 nitrogen and oxygen atoms in total. The average Bonchev–Trinajstić information content (AvgIpc) is 2.95. The van der Waals surface area contributed by atoms with Gasteiger partial charge in [0.1, 0.15) is 6.26 Å². The minimum absolute atomic E-state index is 0.00177. The van der Waals surface area contributed by atoms with E-state index < -0.39 is 5.54 Å². The van der Waals surface area contributed by atoms with Gasteiger partial charge in [0, 0.05) is 16.8 Å². The van der Waals surface area contributed by atoms with Crippen molar-refractivity contribution < 1.29 is 9.21 Å². The van der Waals surface area contributed by atoms with Crippen molar-refractivity contribution in [3.05, 3.63) is 35.7 Å². The Morgan fingerprint density at radius 1 is 1.38 bits per heavy atom. The molecule has 0 spiro atoms. The summed E-state index contributed by atoms with van der Waals surface area (Å²) in [6.45, 7) is 5.87. The molecule has 1 aliphatic rings. The molecule has 0 saturated heterocycles. The minimum atomic E-state index is -0.435. The van der Waals surface area contributed by atoms with Gasteiger partial charge in [0.2, 0.25) is 11.8 Å². The number of aromatic nitrogens is 1. The Morgan fingerprint density at radius 3 is 2.83 bits per heavy atom. The van der Waals surface area contributed by atoms with E-state index in [0.717, 1.165) is 48.2 Å². The molecule has 1 aromatic carbocycles. The number of oxazole rings is 1. The SMILES string of the molecule is Cc1coc(-c2cc(NC(=O)C3CCCCC3(C)N)ccc2C)n1. The number of rotatable bonds is 3. The Balaban J connectivity index is 1.81. The van der Waals surface area contributed by atoms with Crippen molar-refractivity contribution in [1.29, 1.82) is 0 Å². The van der Waals surface area contributed by atoms with Crippen LogP contribution in [-0.4, -0.2) is 16.4 Å². The van der Waals surface area contributed by atoms with Crippen molar-refractivity contribution in [3.63, 3.8) is 0 Å². The summed E-state index contributed by atoms with van der Waals surface area (Å²) >= 11 is 0. The monoisotopic (exact) mass is 327 g/mol. The molecule has 3 N–H and O–H groups in total. The Hall–Kier alpha value is -2.14. The van der Waals surface area contributed by atoms with Crippen LogP contribution in [-0.2, 0) is 4.79 Å². The van der Waals surface area contributed by atoms with Crippen molar-refractivity contribution in [2.75, 3.05) is 5.32 Å². The number of aryl methyl sites for hydroxylation is 2. The van der Waals surface area contributed by atoms with Gasteiger partial charge < -0.3 is 15.5 Å². The number of nitrogens with two attached hydrogens (primary N) is 1. The summed E-state index contributed by atoms with van der Waals surface area (Å²) in [5.74, 6) is 0.417. The molecule has 1 aliphatic carbocycles. The summed E-state index contributed by atoms with van der Waals surface area (Å²) < 4.78 is 5.50. The second-order valence-electron chi connectivity index (χ2n) is 7.12. The van der Waals surface area contributed by atoms with Crippen LogP contribution in [0, 0.1) is 19.8 Å². The minimum Gasteiger partial charge on any atom is -0.444 e. The lowest BCUT2D eigenvalue weighted by molar-refractivity contribution is -0.122. The molecule has 2 unspecified atom stereocenters. The summed E-state index contributed by atoms with van der Waals surface area (Å²) in [6.07, 6.45) is 5.51. The maximum absolute atomic E-state index is 12.7. The van der Waals surface area contributed by atoms with Gasteiger partial charge in [-0.2, -0.15) is 0 Å². The Kier molecular flexibility index (Phi) is 4.45. The van der Waals surface area contributed by atoms with Gasteiger partial charge in [0.25, 0.3) is 0 Å². The highest BCUT2D eigenvalue weighted by atomic mass is 16.3. The number of hydrogen-bond acceptors (Lipinski definition) is 4. The first-order chi connectivity index (χ1) is 11.4. The average molecular weight is 327 g/mol. The van der Waals surface area contributed by atoms with E-state index in [9.17, 15) is 4.79 Å². The van der Waals surface area contributed by atoms with E-state index in [4.69, 9.17) is 10.2 Å². The fourth-order valence-corrected chi connectivity index (χ4v) is 3.43. The molecule has 1 aromatic heterocycles. The first-order valence-electron chi connectivity index (χ1n) is 8.50. The van der Waals surface area contributed by atoms with Crippen molar-refractivity contribution in [2.45, 2.75) is 52.0 Å². The molecule has 2 atom stereocenters. The maximum Gasteiger partial charge on any atom is 0.229 e. The van der Waals surface area contributed by atoms with Gasteiger partial charge in [-0.1, -0.05) is 18.9 Å². The summed E-state index contributed by atoms with van der Waals surface area (Å²) in [5, 5.41) is 3.02. The first-order valence-corrected chi connectivity index (χ1v) is 8.50. The smallest absolute Gasteiger partial charge is 0.229 e. The van der Waals surface area contributed by atoms with Crippen LogP contribution < -0.4 is 11.1 Å². The van der Waals surface area contributed by atoms with E-state index in [2.05, 4.69) is 10.3 Å². The Morgan fingerprint density at radius 2 is 2.17 bits per heavy atom. The van der Waals surface area contributed by atoms with Crippen molar-refractivity contribution >= 4 is 11.6 Å². The van der Waals surface area contributed by atoms with E-state index in [-0.39, 0.29) is 11.8 Å². The van der Waals surface area contributed by atoms with Gasteiger partial charge >= 0.3 is 0 Å². The first kappa shape index (κ1) is 16.7. The fourth-order valence-electron chi connectivity index (χ4n) is 3.43. The highest BCUT2D eigenvalue weighted by Gasteiger charge is 2.37. The second-order valence-corrected chi connectivity index (χ2v) is 7.12. The van der Waals surface area contributed by atoms with Crippen LogP contribution >= 0.6 is 0 Å². The highest BCUT2D eigenvalue weighted by Crippen LogP contribution is 2.33. The molecule has 1 amide bonds. The summed E-state index contributed by atoms with van der Waals surface area (Å²) in [5.41, 5.74) is 9.43. The molecule has 24 heavy (non-hydrogen) atoms. The third kappa shape index (κ3) is 3.36. The lowest BCUT2D eigenvalue weighted by atomic mass is 9.74. The van der Waals surface area contributed by atoms with E-state index in [0.29, 0.717) is 5.89 Å². The molecule has 5 heteroatoms. The van der Waals surface area contributed by atoms with Crippen LogP contribution in [0.2, 0.25) is 0 Å². The van der Waals surface area contributed by atoms with Crippen LogP contribution in [0.1, 0.15) is 43.9 Å². The molecule has 0 bridgehead atoms. The third-order valence-corrected chi connectivity index (χ3v) is 4.93. The molecular formula is C19H25N3O2. The van der Waals surface area contributed by atoms with E-state index in [1.54, 1.807) is 6.26 Å². The van der Waals surface area contributed by atoms with Gasteiger partial charge in [-0.25, -0.2) is 4.98 Å². The van der Waals surface area contributed by atoms with Gasteiger partial charge in [-0.3, -0.25) is 4.79 Å². The lowest BCUT2D eigenvalue weighted by Crippen LogP contribution is -2.51. The maximum atomic E-state index is 12.7. The van der Waals surface area contributed by atoms with Crippen LogP contribution in [0.25, 0.3) is 11.5 Å². The molecular weight excluding hydrogens is 302 g/mol. The number of nitrogens with zero attached hydrogens (tertiary/aromatic N) is 1. The number of nitrogens with one attached hydrogen (secondary N) is 1. The molecule has 3 rings (SSSR count). The number of benzene rings is 1. The summed E-state index contributed by atoms with van der Waals surface area (Å²) in [6, 6.07) is 5.78. The van der Waals surface area contributed by atoms with Crippen LogP contribution in [0.4, 0.5) is 5.69 Å². The molecule has 2 aromatic rings. The van der Waals surface area contributed by atoms with Crippen molar-refractivity contribution in [1.82, 2.24) is 4.98 Å². The molecule has 1 fully saturated rings. The Bertz CT molecular complexity index is 749. The van der Waals surface area contributed by atoms with E-state index in [1.165, 1.54) is 0 Å². The fraction of sp³-hybridized carbons (Fsp3) is 0.474. The predicted octanol–water partition coefficient (Wildman–Crippen LogP) is 3.80. The number of anilines is 1. The summed E-state index contributed by atoms with van der Waals surface area (Å²) in [7, 11) is 0. The van der Waals surface area contributed by atoms with Crippen molar-refractivity contribution in [2.24, 2.45) is 11.7 Å². The van der Waals surface area contributed by atoms with Gasteiger partial charge in [-0.15, -0.1) is 0 Å². The van der Waals surface area contributed by atoms with Gasteiger partial charge in [-0.05, 0) is 51.3 Å². The third-order valence-electron chi connectivity index (χ3n) is 4.93. The molecule has 1 saturated carbocycles. The largest absolute Gasteiger partial charge is 0.444 e. The van der Waals surface area contributed by atoms with Crippen LogP contribution in [0.3, 0.4) is 0 Å². The second kappa shape index (κ2) is 6.40. The van der Waals surface area contributed by atoms with Crippen molar-refractivity contribution in [3.8, 4) is 11.5 Å². The zero-order chi connectivity index (χ0) is 17.3. The molecule has 128 valence electrons. The van der Waals surface area contributed by atoms with E-state index >= 15 is 0 Å². The number of amides is 1. The zero-order valence-corrected chi connectivity index (χ0v) is 14.6. The zero-order valence-electron chi connectivity index (χ0n) is 14.6.